The highest BCUT2D eigenvalue weighted by Gasteiger charge is 2.22. The van der Waals surface area contributed by atoms with E-state index < -0.39 is 0 Å². The fraction of sp³-hybridized carbons (Fsp3) is 0.636. The summed E-state index contributed by atoms with van der Waals surface area (Å²) in [5.41, 5.74) is 0.767. The molecule has 16 heavy (non-hydrogen) atoms. The molecule has 0 radical (unpaired) electrons. The predicted molar refractivity (Wildman–Crippen MR) is 65.1 cm³/mol. The number of rotatable bonds is 3. The molecule has 1 aliphatic rings. The molecule has 1 fully saturated rings. The Bertz CT molecular complexity index is 345. The van der Waals surface area contributed by atoms with Gasteiger partial charge in [0.05, 0.1) is 11.8 Å². The van der Waals surface area contributed by atoms with E-state index in [9.17, 15) is 4.79 Å². The van der Waals surface area contributed by atoms with Crippen LogP contribution in [-0.2, 0) is 6.54 Å². The molecule has 1 aliphatic heterocycles. The van der Waals surface area contributed by atoms with Crippen molar-refractivity contribution in [3.05, 3.63) is 18.0 Å². The first kappa shape index (κ1) is 13.2. The molecule has 0 saturated carbocycles. The van der Waals surface area contributed by atoms with Gasteiger partial charge in [-0.2, -0.15) is 5.10 Å². The van der Waals surface area contributed by atoms with Crippen molar-refractivity contribution in [1.29, 1.82) is 0 Å². The highest BCUT2D eigenvalue weighted by Crippen LogP contribution is 2.17. The molecule has 1 saturated heterocycles. The van der Waals surface area contributed by atoms with Crippen LogP contribution in [0.2, 0.25) is 0 Å². The lowest BCUT2D eigenvalue weighted by atomic mass is 9.91. The van der Waals surface area contributed by atoms with Crippen LogP contribution in [0.3, 0.4) is 0 Å². The number of Topliss-reactive ketones (excluding diaryl/α,β-unsaturated/α-hetero) is 1. The van der Waals surface area contributed by atoms with Gasteiger partial charge in [-0.15, -0.1) is 12.4 Å². The third kappa shape index (κ3) is 2.83. The van der Waals surface area contributed by atoms with Crippen LogP contribution in [0.25, 0.3) is 0 Å². The van der Waals surface area contributed by atoms with Crippen LogP contribution in [0.4, 0.5) is 0 Å². The fourth-order valence-corrected chi connectivity index (χ4v) is 1.98. The summed E-state index contributed by atoms with van der Waals surface area (Å²) in [5, 5.41) is 7.40. The van der Waals surface area contributed by atoms with Gasteiger partial charge in [0.2, 0.25) is 0 Å². The van der Waals surface area contributed by atoms with Crippen molar-refractivity contribution in [2.24, 2.45) is 5.92 Å². The number of halogens is 1. The number of aryl methyl sites for hydroxylation is 1. The van der Waals surface area contributed by atoms with Crippen molar-refractivity contribution in [3.8, 4) is 0 Å². The molecule has 0 bridgehead atoms. The molecule has 0 spiro atoms. The number of carbonyl (C=O) groups is 1. The van der Waals surface area contributed by atoms with Crippen molar-refractivity contribution in [2.75, 3.05) is 13.1 Å². The molecule has 0 amide bonds. The molecule has 90 valence electrons. The summed E-state index contributed by atoms with van der Waals surface area (Å²) in [6, 6.07) is 0. The molecule has 0 atom stereocenters. The van der Waals surface area contributed by atoms with Crippen molar-refractivity contribution in [3.63, 3.8) is 0 Å². The second kappa shape index (κ2) is 6.01. The summed E-state index contributed by atoms with van der Waals surface area (Å²) < 4.78 is 1.80. The minimum absolute atomic E-state index is 0. The lowest BCUT2D eigenvalue weighted by Gasteiger charge is -2.20. The number of hydrogen-bond donors (Lipinski definition) is 1. The smallest absolute Gasteiger partial charge is 0.169 e. The summed E-state index contributed by atoms with van der Waals surface area (Å²) in [5.74, 6) is 0.456. The Morgan fingerprint density at radius 3 is 2.81 bits per heavy atom. The van der Waals surface area contributed by atoms with Gasteiger partial charge < -0.3 is 5.32 Å². The van der Waals surface area contributed by atoms with Gasteiger partial charge in [-0.1, -0.05) is 0 Å². The van der Waals surface area contributed by atoms with E-state index in [1.54, 1.807) is 10.9 Å². The Morgan fingerprint density at radius 1 is 1.56 bits per heavy atom. The molecule has 4 nitrogen and oxygen atoms in total. The van der Waals surface area contributed by atoms with E-state index in [1.165, 1.54) is 0 Å². The SMILES string of the molecule is CCn1cc(C(=O)C2CCNCC2)cn1.Cl. The van der Waals surface area contributed by atoms with Gasteiger partial charge in [-0.25, -0.2) is 0 Å². The minimum atomic E-state index is 0. The van der Waals surface area contributed by atoms with Crippen molar-refractivity contribution >= 4 is 18.2 Å². The van der Waals surface area contributed by atoms with Gasteiger partial charge in [0, 0.05) is 18.7 Å². The maximum absolute atomic E-state index is 12.0. The summed E-state index contributed by atoms with van der Waals surface area (Å²) in [6.07, 6.45) is 5.45. The third-order valence-corrected chi connectivity index (χ3v) is 2.95. The molecule has 2 rings (SSSR count). The number of ketones is 1. The van der Waals surface area contributed by atoms with E-state index in [-0.39, 0.29) is 24.1 Å². The molecule has 5 heteroatoms. The number of aromatic nitrogens is 2. The fourth-order valence-electron chi connectivity index (χ4n) is 1.98. The highest BCUT2D eigenvalue weighted by atomic mass is 35.5. The van der Waals surface area contributed by atoms with E-state index >= 15 is 0 Å². The minimum Gasteiger partial charge on any atom is -0.317 e. The van der Waals surface area contributed by atoms with E-state index in [2.05, 4.69) is 10.4 Å². The van der Waals surface area contributed by atoms with E-state index in [1.807, 2.05) is 13.1 Å². The van der Waals surface area contributed by atoms with E-state index in [0.29, 0.717) is 0 Å². The van der Waals surface area contributed by atoms with Crippen molar-refractivity contribution in [1.82, 2.24) is 15.1 Å². The molecule has 2 heterocycles. The van der Waals surface area contributed by atoms with Gasteiger partial charge >= 0.3 is 0 Å². The zero-order valence-corrected chi connectivity index (χ0v) is 10.3. The maximum Gasteiger partial charge on any atom is 0.169 e. The number of nitrogens with zero attached hydrogens (tertiary/aromatic N) is 2. The van der Waals surface area contributed by atoms with Crippen LogP contribution in [0.1, 0.15) is 30.1 Å². The van der Waals surface area contributed by atoms with Crippen LogP contribution in [0, 0.1) is 5.92 Å². The normalized spacial score (nSPS) is 16.8. The monoisotopic (exact) mass is 243 g/mol. The van der Waals surface area contributed by atoms with Crippen molar-refractivity contribution < 1.29 is 4.79 Å². The Morgan fingerprint density at radius 2 is 2.25 bits per heavy atom. The summed E-state index contributed by atoms with van der Waals surface area (Å²) in [4.78, 5) is 12.0. The first-order chi connectivity index (χ1) is 7.31. The molecule has 0 unspecified atom stereocenters. The number of hydrogen-bond acceptors (Lipinski definition) is 3. The number of nitrogens with one attached hydrogen (secondary N) is 1. The second-order valence-corrected chi connectivity index (χ2v) is 3.97. The predicted octanol–water partition coefficient (Wildman–Crippen LogP) is 1.51. The quantitative estimate of drug-likeness (QED) is 0.819. The molecule has 1 aromatic heterocycles. The van der Waals surface area contributed by atoms with Gasteiger partial charge in [0.25, 0.3) is 0 Å². The van der Waals surface area contributed by atoms with Gasteiger partial charge in [0.15, 0.2) is 5.78 Å². The summed E-state index contributed by atoms with van der Waals surface area (Å²) in [7, 11) is 0. The average Bonchev–Trinajstić information content (AvgIpc) is 2.78. The average molecular weight is 244 g/mol. The molecule has 0 aliphatic carbocycles. The largest absolute Gasteiger partial charge is 0.317 e. The molecule has 0 aromatic carbocycles. The van der Waals surface area contributed by atoms with Crippen LogP contribution < -0.4 is 5.32 Å². The molecule has 1 N–H and O–H groups in total. The molecular formula is C11H18ClN3O. The van der Waals surface area contributed by atoms with Crippen LogP contribution in [0.15, 0.2) is 12.4 Å². The zero-order chi connectivity index (χ0) is 10.7. The summed E-state index contributed by atoms with van der Waals surface area (Å²) in [6.45, 7) is 4.75. The maximum atomic E-state index is 12.0. The van der Waals surface area contributed by atoms with E-state index in [4.69, 9.17) is 0 Å². The van der Waals surface area contributed by atoms with Crippen LogP contribution >= 0.6 is 12.4 Å². The second-order valence-electron chi connectivity index (χ2n) is 3.97. The van der Waals surface area contributed by atoms with Gasteiger partial charge in [-0.3, -0.25) is 9.48 Å². The van der Waals surface area contributed by atoms with Gasteiger partial charge in [-0.05, 0) is 32.9 Å². The number of carbonyl (C=O) groups excluding carboxylic acids is 1. The Labute approximate surface area is 102 Å². The molecular weight excluding hydrogens is 226 g/mol. The summed E-state index contributed by atoms with van der Waals surface area (Å²) >= 11 is 0. The lowest BCUT2D eigenvalue weighted by Crippen LogP contribution is -2.31. The topological polar surface area (TPSA) is 46.9 Å². The lowest BCUT2D eigenvalue weighted by molar-refractivity contribution is 0.0895. The van der Waals surface area contributed by atoms with Crippen molar-refractivity contribution in [2.45, 2.75) is 26.3 Å². The first-order valence-corrected chi connectivity index (χ1v) is 5.58. The third-order valence-electron chi connectivity index (χ3n) is 2.95. The zero-order valence-electron chi connectivity index (χ0n) is 9.48. The standard InChI is InChI=1S/C11H17N3O.ClH/c1-2-14-8-10(7-13-14)11(15)9-3-5-12-6-4-9;/h7-9,12H,2-6H2,1H3;1H. The Balaban J connectivity index is 0.00000128. The van der Waals surface area contributed by atoms with Crippen LogP contribution in [0.5, 0.6) is 0 Å². The van der Waals surface area contributed by atoms with E-state index in [0.717, 1.165) is 38.0 Å². The first-order valence-electron chi connectivity index (χ1n) is 5.58. The number of piperidine rings is 1. The van der Waals surface area contributed by atoms with Crippen LogP contribution in [-0.4, -0.2) is 28.7 Å². The Kier molecular flexibility index (Phi) is 4.96. The Hall–Kier alpha value is -0.870. The highest BCUT2D eigenvalue weighted by molar-refractivity contribution is 5.97. The molecule has 1 aromatic rings. The van der Waals surface area contributed by atoms with Gasteiger partial charge in [0.1, 0.15) is 0 Å².